The van der Waals surface area contributed by atoms with Crippen LogP contribution in [-0.4, -0.2) is 0 Å². The maximum atomic E-state index is 9.33. The van der Waals surface area contributed by atoms with Crippen LogP contribution in [0.4, 0.5) is 0 Å². The van der Waals surface area contributed by atoms with E-state index in [9.17, 15) is 10.5 Å². The van der Waals surface area contributed by atoms with Crippen LogP contribution in [-0.2, 0) is 0 Å². The molecule has 0 radical (unpaired) electrons. The lowest BCUT2D eigenvalue weighted by Gasteiger charge is -2.38. The second-order valence-corrected chi connectivity index (χ2v) is 5.77. The van der Waals surface area contributed by atoms with Crippen LogP contribution in [0.3, 0.4) is 0 Å². The highest BCUT2D eigenvalue weighted by Crippen LogP contribution is 2.47. The van der Waals surface area contributed by atoms with Gasteiger partial charge in [-0.1, -0.05) is 44.2 Å². The highest BCUT2D eigenvalue weighted by Gasteiger charge is 2.35. The minimum atomic E-state index is 0.320. The van der Waals surface area contributed by atoms with Gasteiger partial charge in [0.05, 0.1) is 0 Å². The molecule has 0 spiro atoms. The standard InChI is InChI=1S/C19H22N2/c1-3-14-10-11-18(15-8-6-5-7-9-15)17(4-2)19(14)16(12-20)13-21/h5-9,14,17-18H,3-4,10-11H2,1-2H3. The third kappa shape index (κ3) is 3.01. The third-order valence-corrected chi connectivity index (χ3v) is 4.82. The first-order chi connectivity index (χ1) is 10.3. The van der Waals surface area contributed by atoms with Crippen molar-refractivity contribution in [1.82, 2.24) is 0 Å². The lowest BCUT2D eigenvalue weighted by atomic mass is 9.65. The Labute approximate surface area is 127 Å². The van der Waals surface area contributed by atoms with Gasteiger partial charge >= 0.3 is 0 Å². The van der Waals surface area contributed by atoms with Crippen molar-refractivity contribution in [2.45, 2.75) is 45.4 Å². The molecule has 3 unspecified atom stereocenters. The van der Waals surface area contributed by atoms with Gasteiger partial charge in [0.1, 0.15) is 17.7 Å². The molecular formula is C19H22N2. The van der Waals surface area contributed by atoms with Crippen LogP contribution < -0.4 is 0 Å². The minimum Gasteiger partial charge on any atom is -0.192 e. The molecule has 0 aliphatic heterocycles. The molecule has 1 saturated carbocycles. The molecule has 0 saturated heterocycles. The molecule has 2 nitrogen and oxygen atoms in total. The van der Waals surface area contributed by atoms with Crippen molar-refractivity contribution in [3.8, 4) is 12.1 Å². The molecule has 2 heteroatoms. The molecule has 1 aliphatic rings. The van der Waals surface area contributed by atoms with Crippen molar-refractivity contribution in [3.05, 3.63) is 47.0 Å². The van der Waals surface area contributed by atoms with Crippen molar-refractivity contribution < 1.29 is 0 Å². The van der Waals surface area contributed by atoms with Crippen LogP contribution in [0.2, 0.25) is 0 Å². The minimum absolute atomic E-state index is 0.320. The van der Waals surface area contributed by atoms with Gasteiger partial charge in [-0.2, -0.15) is 10.5 Å². The second-order valence-electron chi connectivity index (χ2n) is 5.77. The molecule has 1 aliphatic carbocycles. The highest BCUT2D eigenvalue weighted by atomic mass is 14.4. The van der Waals surface area contributed by atoms with Gasteiger partial charge in [-0.05, 0) is 54.6 Å². The summed E-state index contributed by atoms with van der Waals surface area (Å²) >= 11 is 0. The van der Waals surface area contributed by atoms with Gasteiger partial charge in [-0.3, -0.25) is 0 Å². The van der Waals surface area contributed by atoms with Crippen LogP contribution in [0.25, 0.3) is 0 Å². The number of rotatable bonds is 3. The summed E-state index contributed by atoms with van der Waals surface area (Å²) in [5, 5.41) is 18.7. The van der Waals surface area contributed by atoms with E-state index in [0.717, 1.165) is 31.3 Å². The molecule has 1 fully saturated rings. The first kappa shape index (κ1) is 15.3. The second kappa shape index (κ2) is 7.09. The fraction of sp³-hybridized carbons (Fsp3) is 0.474. The van der Waals surface area contributed by atoms with Gasteiger partial charge in [-0.25, -0.2) is 0 Å². The summed E-state index contributed by atoms with van der Waals surface area (Å²) in [5.74, 6) is 1.15. The van der Waals surface area contributed by atoms with Crippen LogP contribution in [0.5, 0.6) is 0 Å². The lowest BCUT2D eigenvalue weighted by Crippen LogP contribution is -2.27. The zero-order valence-corrected chi connectivity index (χ0v) is 12.8. The topological polar surface area (TPSA) is 47.6 Å². The van der Waals surface area contributed by atoms with Crippen molar-refractivity contribution in [2.24, 2.45) is 11.8 Å². The van der Waals surface area contributed by atoms with Crippen LogP contribution >= 0.6 is 0 Å². The summed E-state index contributed by atoms with van der Waals surface area (Å²) in [4.78, 5) is 0. The number of benzene rings is 1. The van der Waals surface area contributed by atoms with Gasteiger partial charge in [-0.15, -0.1) is 0 Å². The molecule has 0 heterocycles. The van der Waals surface area contributed by atoms with E-state index in [4.69, 9.17) is 0 Å². The smallest absolute Gasteiger partial charge is 0.129 e. The number of hydrogen-bond acceptors (Lipinski definition) is 2. The van der Waals surface area contributed by atoms with Gasteiger partial charge < -0.3 is 0 Å². The normalized spacial score (nSPS) is 25.0. The maximum absolute atomic E-state index is 9.33. The van der Waals surface area contributed by atoms with E-state index in [2.05, 4.69) is 50.3 Å². The quantitative estimate of drug-likeness (QED) is 0.733. The van der Waals surface area contributed by atoms with E-state index in [0.29, 0.717) is 23.3 Å². The molecule has 1 aromatic rings. The van der Waals surface area contributed by atoms with Crippen molar-refractivity contribution in [3.63, 3.8) is 0 Å². The molecule has 0 bridgehead atoms. The molecule has 108 valence electrons. The van der Waals surface area contributed by atoms with Gasteiger partial charge in [0.2, 0.25) is 0 Å². The monoisotopic (exact) mass is 278 g/mol. The summed E-state index contributed by atoms with van der Waals surface area (Å²) in [6.45, 7) is 4.33. The van der Waals surface area contributed by atoms with E-state index in [1.54, 1.807) is 0 Å². The number of allylic oxidation sites excluding steroid dienone is 2. The van der Waals surface area contributed by atoms with Crippen molar-refractivity contribution in [2.75, 3.05) is 0 Å². The molecule has 1 aromatic carbocycles. The largest absolute Gasteiger partial charge is 0.192 e. The molecule has 0 aromatic heterocycles. The Hall–Kier alpha value is -2.06. The van der Waals surface area contributed by atoms with Crippen LogP contribution in [0.15, 0.2) is 41.5 Å². The Kier molecular flexibility index (Phi) is 5.18. The molecule has 0 N–H and O–H groups in total. The summed E-state index contributed by atoms with van der Waals surface area (Å²) in [6.07, 6.45) is 4.22. The van der Waals surface area contributed by atoms with Gasteiger partial charge in [0.15, 0.2) is 0 Å². The molecular weight excluding hydrogens is 256 g/mol. The first-order valence-electron chi connectivity index (χ1n) is 7.85. The Balaban J connectivity index is 2.48. The first-order valence-corrected chi connectivity index (χ1v) is 7.85. The van der Waals surface area contributed by atoms with E-state index in [1.165, 1.54) is 5.56 Å². The predicted octanol–water partition coefficient (Wildman–Crippen LogP) is 4.96. The predicted molar refractivity (Wildman–Crippen MR) is 84.2 cm³/mol. The highest BCUT2D eigenvalue weighted by molar-refractivity contribution is 5.44. The average molecular weight is 278 g/mol. The van der Waals surface area contributed by atoms with Crippen molar-refractivity contribution >= 4 is 0 Å². The zero-order valence-electron chi connectivity index (χ0n) is 12.8. The fourth-order valence-corrected chi connectivity index (χ4v) is 3.83. The Bertz CT molecular complexity index is 570. The van der Waals surface area contributed by atoms with E-state index in [-0.39, 0.29) is 0 Å². The van der Waals surface area contributed by atoms with Crippen LogP contribution in [0.1, 0.15) is 51.0 Å². The maximum Gasteiger partial charge on any atom is 0.129 e. The van der Waals surface area contributed by atoms with Crippen molar-refractivity contribution in [1.29, 1.82) is 10.5 Å². The Morgan fingerprint density at radius 1 is 1.05 bits per heavy atom. The summed E-state index contributed by atoms with van der Waals surface area (Å²) in [5.41, 5.74) is 2.81. The zero-order chi connectivity index (χ0) is 15.2. The Morgan fingerprint density at radius 3 is 2.24 bits per heavy atom. The number of nitrogens with zero attached hydrogens (tertiary/aromatic N) is 2. The molecule has 3 atom stereocenters. The van der Waals surface area contributed by atoms with Crippen LogP contribution in [0, 0.1) is 34.5 Å². The number of hydrogen-bond donors (Lipinski definition) is 0. The molecule has 2 rings (SSSR count). The summed E-state index contributed by atoms with van der Waals surface area (Å²) < 4.78 is 0. The summed E-state index contributed by atoms with van der Waals surface area (Å²) in [7, 11) is 0. The van der Waals surface area contributed by atoms with E-state index < -0.39 is 0 Å². The fourth-order valence-electron chi connectivity index (χ4n) is 3.83. The third-order valence-electron chi connectivity index (χ3n) is 4.82. The lowest BCUT2D eigenvalue weighted by molar-refractivity contribution is 0.308. The SMILES string of the molecule is CCC1CCC(c2ccccc2)C(CC)C1=C(C#N)C#N. The Morgan fingerprint density at radius 2 is 1.71 bits per heavy atom. The summed E-state index contributed by atoms with van der Waals surface area (Å²) in [6, 6.07) is 14.8. The van der Waals surface area contributed by atoms with E-state index in [1.807, 2.05) is 6.07 Å². The number of nitriles is 2. The van der Waals surface area contributed by atoms with Gasteiger partial charge in [0, 0.05) is 0 Å². The van der Waals surface area contributed by atoms with E-state index >= 15 is 0 Å². The van der Waals surface area contributed by atoms with Gasteiger partial charge in [0.25, 0.3) is 0 Å². The molecule has 0 amide bonds. The molecule has 21 heavy (non-hydrogen) atoms. The average Bonchev–Trinajstić information content (AvgIpc) is 2.56.